The molecular formula is C12H20O3. The van der Waals surface area contributed by atoms with Crippen molar-refractivity contribution in [1.29, 1.82) is 0 Å². The Morgan fingerprint density at radius 3 is 2.67 bits per heavy atom. The highest BCUT2D eigenvalue weighted by atomic mass is 16.5. The second-order valence-electron chi connectivity index (χ2n) is 4.62. The maximum Gasteiger partial charge on any atom is 0.312 e. The lowest BCUT2D eigenvalue weighted by Crippen LogP contribution is -2.48. The van der Waals surface area contributed by atoms with Crippen LogP contribution in [0.25, 0.3) is 0 Å². The van der Waals surface area contributed by atoms with Crippen LogP contribution < -0.4 is 0 Å². The number of aliphatic hydroxyl groups excluding tert-OH is 1. The Morgan fingerprint density at radius 2 is 2.20 bits per heavy atom. The zero-order chi connectivity index (χ0) is 11.6. The van der Waals surface area contributed by atoms with Crippen molar-refractivity contribution in [2.45, 2.75) is 32.8 Å². The second kappa shape index (κ2) is 4.35. The Bertz CT molecular complexity index is 262. The fourth-order valence-corrected chi connectivity index (χ4v) is 2.49. The summed E-state index contributed by atoms with van der Waals surface area (Å²) in [5, 5.41) is 9.91. The minimum Gasteiger partial charge on any atom is -0.469 e. The number of rotatable bonds is 2. The first kappa shape index (κ1) is 12.2. The molecule has 1 N–H and O–H groups in total. The minimum absolute atomic E-state index is 0.336. The van der Waals surface area contributed by atoms with E-state index in [2.05, 4.69) is 13.5 Å². The zero-order valence-corrected chi connectivity index (χ0v) is 9.69. The number of methoxy groups -OCH3 is 1. The fraction of sp³-hybridized carbons (Fsp3) is 0.750. The molecule has 1 fully saturated rings. The third-order valence-electron chi connectivity index (χ3n) is 3.91. The van der Waals surface area contributed by atoms with Crippen molar-refractivity contribution in [2.75, 3.05) is 7.11 Å². The van der Waals surface area contributed by atoms with Gasteiger partial charge < -0.3 is 9.84 Å². The molecule has 0 aromatic heterocycles. The zero-order valence-electron chi connectivity index (χ0n) is 9.69. The summed E-state index contributed by atoms with van der Waals surface area (Å²) in [4.78, 5) is 11.7. The molecule has 0 saturated heterocycles. The molecular weight excluding hydrogens is 192 g/mol. The van der Waals surface area contributed by atoms with Crippen LogP contribution in [0.3, 0.4) is 0 Å². The molecule has 1 saturated carbocycles. The fourth-order valence-electron chi connectivity index (χ4n) is 2.49. The van der Waals surface area contributed by atoms with Crippen LogP contribution in [0.15, 0.2) is 12.7 Å². The number of carbonyl (C=O) groups excluding carboxylic acids is 1. The number of esters is 1. The number of hydrogen-bond acceptors (Lipinski definition) is 3. The standard InChI is InChI=1S/C12H20O3/c1-5-12(3)8(2)6-7-9(13)10(12)11(14)15-4/h5,8-10,13H,1,6-7H2,2-4H3/t8-,9+,10+,12+/m1/s1. The van der Waals surface area contributed by atoms with Crippen molar-refractivity contribution < 1.29 is 14.6 Å². The van der Waals surface area contributed by atoms with Gasteiger partial charge in [0.15, 0.2) is 0 Å². The van der Waals surface area contributed by atoms with Crippen LogP contribution in [-0.4, -0.2) is 24.3 Å². The Kier molecular flexibility index (Phi) is 3.55. The van der Waals surface area contributed by atoms with Gasteiger partial charge in [-0.1, -0.05) is 19.9 Å². The molecule has 1 rings (SSSR count). The number of carbonyl (C=O) groups is 1. The molecule has 0 radical (unpaired) electrons. The van der Waals surface area contributed by atoms with Gasteiger partial charge in [0.05, 0.1) is 19.1 Å². The van der Waals surface area contributed by atoms with E-state index in [1.54, 1.807) is 6.08 Å². The molecule has 0 aromatic carbocycles. The van der Waals surface area contributed by atoms with Crippen LogP contribution in [0.1, 0.15) is 26.7 Å². The van der Waals surface area contributed by atoms with E-state index in [4.69, 9.17) is 4.74 Å². The van der Waals surface area contributed by atoms with E-state index in [-0.39, 0.29) is 11.4 Å². The maximum atomic E-state index is 11.7. The molecule has 0 amide bonds. The average Bonchev–Trinajstić information content (AvgIpc) is 2.23. The van der Waals surface area contributed by atoms with Gasteiger partial charge in [-0.05, 0) is 18.8 Å². The van der Waals surface area contributed by atoms with E-state index < -0.39 is 12.0 Å². The first-order valence-electron chi connectivity index (χ1n) is 5.36. The lowest BCUT2D eigenvalue weighted by molar-refractivity contribution is -0.160. The molecule has 1 aliphatic carbocycles. The van der Waals surface area contributed by atoms with Gasteiger partial charge in [0, 0.05) is 5.41 Å². The van der Waals surface area contributed by atoms with E-state index in [0.29, 0.717) is 12.3 Å². The molecule has 3 nitrogen and oxygen atoms in total. The van der Waals surface area contributed by atoms with Gasteiger partial charge in [-0.2, -0.15) is 0 Å². The number of allylic oxidation sites excluding steroid dienone is 1. The van der Waals surface area contributed by atoms with E-state index in [1.807, 2.05) is 6.92 Å². The summed E-state index contributed by atoms with van der Waals surface area (Å²) in [7, 11) is 1.36. The molecule has 0 aliphatic heterocycles. The lowest BCUT2D eigenvalue weighted by Gasteiger charge is -2.45. The quantitative estimate of drug-likeness (QED) is 0.560. The maximum absolute atomic E-state index is 11.7. The summed E-state index contributed by atoms with van der Waals surface area (Å²) >= 11 is 0. The van der Waals surface area contributed by atoms with Gasteiger partial charge >= 0.3 is 5.97 Å². The number of ether oxygens (including phenoxy) is 1. The normalized spacial score (nSPS) is 40.9. The number of aliphatic hydroxyl groups is 1. The van der Waals surface area contributed by atoms with Crippen LogP contribution in [-0.2, 0) is 9.53 Å². The second-order valence-corrected chi connectivity index (χ2v) is 4.62. The third-order valence-corrected chi connectivity index (χ3v) is 3.91. The Labute approximate surface area is 91.1 Å². The van der Waals surface area contributed by atoms with Crippen LogP contribution in [0.4, 0.5) is 0 Å². The number of hydrogen-bond donors (Lipinski definition) is 1. The molecule has 15 heavy (non-hydrogen) atoms. The largest absolute Gasteiger partial charge is 0.469 e. The summed E-state index contributed by atoms with van der Waals surface area (Å²) in [6.45, 7) is 7.84. The van der Waals surface area contributed by atoms with Gasteiger partial charge in [-0.3, -0.25) is 4.79 Å². The van der Waals surface area contributed by atoms with Crippen molar-refractivity contribution in [3.05, 3.63) is 12.7 Å². The summed E-state index contributed by atoms with van der Waals surface area (Å²) in [5.74, 6) is -0.484. The monoisotopic (exact) mass is 212 g/mol. The topological polar surface area (TPSA) is 46.5 Å². The van der Waals surface area contributed by atoms with E-state index in [0.717, 1.165) is 6.42 Å². The molecule has 4 atom stereocenters. The highest BCUT2D eigenvalue weighted by Gasteiger charge is 2.48. The molecule has 0 bridgehead atoms. The minimum atomic E-state index is -0.614. The predicted molar refractivity (Wildman–Crippen MR) is 58.2 cm³/mol. The van der Waals surface area contributed by atoms with Crippen LogP contribution in [0.2, 0.25) is 0 Å². The molecule has 86 valence electrons. The third kappa shape index (κ3) is 1.93. The molecule has 0 unspecified atom stereocenters. The molecule has 3 heteroatoms. The molecule has 0 spiro atoms. The summed E-state index contributed by atoms with van der Waals surface area (Å²) < 4.78 is 4.76. The van der Waals surface area contributed by atoms with E-state index in [1.165, 1.54) is 7.11 Å². The predicted octanol–water partition coefficient (Wildman–Crippen LogP) is 1.76. The van der Waals surface area contributed by atoms with Gasteiger partial charge in [-0.15, -0.1) is 6.58 Å². The Balaban J connectivity index is 3.04. The van der Waals surface area contributed by atoms with Gasteiger partial charge in [0.2, 0.25) is 0 Å². The Morgan fingerprint density at radius 1 is 1.60 bits per heavy atom. The SMILES string of the molecule is C=C[C@@]1(C)[C@H](C)CC[C@H](O)[C@H]1C(=O)OC. The van der Waals surface area contributed by atoms with E-state index >= 15 is 0 Å². The van der Waals surface area contributed by atoms with Gasteiger partial charge in [0.1, 0.15) is 0 Å². The highest BCUT2D eigenvalue weighted by Crippen LogP contribution is 2.46. The van der Waals surface area contributed by atoms with Crippen LogP contribution >= 0.6 is 0 Å². The van der Waals surface area contributed by atoms with Crippen molar-refractivity contribution in [2.24, 2.45) is 17.3 Å². The molecule has 0 heterocycles. The van der Waals surface area contributed by atoms with Gasteiger partial charge in [0.25, 0.3) is 0 Å². The Hall–Kier alpha value is -0.830. The highest BCUT2D eigenvalue weighted by molar-refractivity contribution is 5.74. The van der Waals surface area contributed by atoms with Crippen molar-refractivity contribution in [3.8, 4) is 0 Å². The summed E-state index contributed by atoms with van der Waals surface area (Å²) in [5.41, 5.74) is -0.370. The average molecular weight is 212 g/mol. The van der Waals surface area contributed by atoms with Crippen molar-refractivity contribution in [3.63, 3.8) is 0 Å². The van der Waals surface area contributed by atoms with Crippen molar-refractivity contribution in [1.82, 2.24) is 0 Å². The molecule has 1 aliphatic rings. The van der Waals surface area contributed by atoms with E-state index in [9.17, 15) is 9.90 Å². The first-order valence-corrected chi connectivity index (χ1v) is 5.36. The lowest BCUT2D eigenvalue weighted by atomic mass is 9.60. The first-order chi connectivity index (χ1) is 6.97. The summed E-state index contributed by atoms with van der Waals surface area (Å²) in [6, 6.07) is 0. The van der Waals surface area contributed by atoms with Gasteiger partial charge in [-0.25, -0.2) is 0 Å². The molecule has 0 aromatic rings. The van der Waals surface area contributed by atoms with Crippen molar-refractivity contribution >= 4 is 5.97 Å². The van der Waals surface area contributed by atoms with Crippen LogP contribution in [0, 0.1) is 17.3 Å². The van der Waals surface area contributed by atoms with Crippen LogP contribution in [0.5, 0.6) is 0 Å². The summed E-state index contributed by atoms with van der Waals surface area (Å²) in [6.07, 6.45) is 2.74. The smallest absolute Gasteiger partial charge is 0.312 e.